The number of halogens is 1. The van der Waals surface area contributed by atoms with Gasteiger partial charge in [-0.15, -0.1) is 0 Å². The normalized spacial score (nSPS) is 15.1. The second-order valence-corrected chi connectivity index (χ2v) is 4.70. The summed E-state index contributed by atoms with van der Waals surface area (Å²) in [7, 11) is 0. The van der Waals surface area contributed by atoms with Crippen molar-refractivity contribution in [3.05, 3.63) is 34.9 Å². The van der Waals surface area contributed by atoms with Crippen molar-refractivity contribution in [1.82, 2.24) is 0 Å². The number of hydrogen-bond donors (Lipinski definition) is 1. The molecule has 1 rings (SSSR count). The molecule has 14 heavy (non-hydrogen) atoms. The zero-order chi connectivity index (χ0) is 10.6. The highest BCUT2D eigenvalue weighted by molar-refractivity contribution is 7.98. The summed E-state index contributed by atoms with van der Waals surface area (Å²) in [6.45, 7) is 2.11. The van der Waals surface area contributed by atoms with Gasteiger partial charge >= 0.3 is 0 Å². The van der Waals surface area contributed by atoms with Gasteiger partial charge in [-0.05, 0) is 30.4 Å². The van der Waals surface area contributed by atoms with Crippen LogP contribution in [0.15, 0.2) is 24.3 Å². The maximum atomic E-state index is 6.04. The van der Waals surface area contributed by atoms with Gasteiger partial charge in [0.2, 0.25) is 0 Å². The quantitative estimate of drug-likeness (QED) is 0.856. The van der Waals surface area contributed by atoms with Crippen molar-refractivity contribution >= 4 is 23.4 Å². The van der Waals surface area contributed by atoms with Gasteiger partial charge in [-0.3, -0.25) is 0 Å². The van der Waals surface area contributed by atoms with E-state index in [0.717, 1.165) is 11.4 Å². The van der Waals surface area contributed by atoms with Crippen molar-refractivity contribution in [3.63, 3.8) is 0 Å². The Morgan fingerprint density at radius 2 is 1.93 bits per heavy atom. The minimum Gasteiger partial charge on any atom is -0.326 e. The predicted octanol–water partition coefficient (Wildman–Crippen LogP) is 3.48. The molecular weight excluding hydrogens is 214 g/mol. The van der Waals surface area contributed by atoms with Gasteiger partial charge in [0.25, 0.3) is 0 Å². The Balaban J connectivity index is 2.84. The van der Waals surface area contributed by atoms with Gasteiger partial charge in [0.05, 0.1) is 0 Å². The fourth-order valence-corrected chi connectivity index (χ4v) is 2.52. The summed E-state index contributed by atoms with van der Waals surface area (Å²) in [5, 5.41) is 1.15. The fraction of sp³-hybridized carbons (Fsp3) is 0.455. The molecule has 0 radical (unpaired) electrons. The van der Waals surface area contributed by atoms with Gasteiger partial charge in [-0.25, -0.2) is 0 Å². The van der Waals surface area contributed by atoms with E-state index >= 15 is 0 Å². The lowest BCUT2D eigenvalue weighted by Crippen LogP contribution is -2.25. The van der Waals surface area contributed by atoms with Gasteiger partial charge < -0.3 is 5.73 Å². The average Bonchev–Trinajstić information content (AvgIpc) is 2.21. The highest BCUT2D eigenvalue weighted by Crippen LogP contribution is 2.30. The summed E-state index contributed by atoms with van der Waals surface area (Å²) in [6.07, 6.45) is 3.09. The molecule has 3 heteroatoms. The maximum absolute atomic E-state index is 6.04. The van der Waals surface area contributed by atoms with Crippen molar-refractivity contribution in [3.8, 4) is 0 Å². The van der Waals surface area contributed by atoms with Gasteiger partial charge in [0, 0.05) is 16.3 Å². The molecule has 0 aliphatic rings. The van der Waals surface area contributed by atoms with Crippen molar-refractivity contribution in [1.29, 1.82) is 0 Å². The van der Waals surface area contributed by atoms with Gasteiger partial charge in [0.15, 0.2) is 0 Å². The molecule has 78 valence electrons. The molecular formula is C11H16ClNS. The van der Waals surface area contributed by atoms with Crippen LogP contribution in [0.4, 0.5) is 0 Å². The van der Waals surface area contributed by atoms with E-state index in [2.05, 4.69) is 25.3 Å². The van der Waals surface area contributed by atoms with Gasteiger partial charge in [-0.1, -0.05) is 30.7 Å². The lowest BCUT2D eigenvalue weighted by atomic mass is 10.0. The minimum atomic E-state index is 0.214. The zero-order valence-corrected chi connectivity index (χ0v) is 10.1. The SMILES string of the molecule is CCC(N)C(SC)c1ccc(Cl)cc1. The monoisotopic (exact) mass is 229 g/mol. The Morgan fingerprint density at radius 3 is 2.36 bits per heavy atom. The van der Waals surface area contributed by atoms with Crippen LogP contribution in [0.2, 0.25) is 5.02 Å². The van der Waals surface area contributed by atoms with Crippen molar-refractivity contribution in [2.75, 3.05) is 6.26 Å². The minimum absolute atomic E-state index is 0.214. The van der Waals surface area contributed by atoms with E-state index in [1.54, 1.807) is 11.8 Å². The van der Waals surface area contributed by atoms with E-state index in [4.69, 9.17) is 17.3 Å². The molecule has 0 saturated carbocycles. The van der Waals surface area contributed by atoms with Crippen LogP contribution in [0, 0.1) is 0 Å². The lowest BCUT2D eigenvalue weighted by molar-refractivity contribution is 0.635. The van der Waals surface area contributed by atoms with Crippen LogP contribution in [0.5, 0.6) is 0 Å². The number of thioether (sulfide) groups is 1. The largest absolute Gasteiger partial charge is 0.326 e. The smallest absolute Gasteiger partial charge is 0.0445 e. The number of nitrogens with two attached hydrogens (primary N) is 1. The van der Waals surface area contributed by atoms with E-state index in [1.165, 1.54) is 5.56 Å². The van der Waals surface area contributed by atoms with E-state index in [1.807, 2.05) is 12.1 Å². The molecule has 0 heterocycles. The van der Waals surface area contributed by atoms with Crippen molar-refractivity contribution in [2.45, 2.75) is 24.6 Å². The van der Waals surface area contributed by atoms with Crippen molar-refractivity contribution < 1.29 is 0 Å². The number of rotatable bonds is 4. The highest BCUT2D eigenvalue weighted by atomic mass is 35.5. The Morgan fingerprint density at radius 1 is 1.36 bits per heavy atom. The molecule has 0 aromatic heterocycles. The lowest BCUT2D eigenvalue weighted by Gasteiger charge is -2.21. The highest BCUT2D eigenvalue weighted by Gasteiger charge is 2.16. The van der Waals surface area contributed by atoms with Crippen LogP contribution < -0.4 is 5.73 Å². The topological polar surface area (TPSA) is 26.0 Å². The first-order chi connectivity index (χ1) is 6.69. The molecule has 2 atom stereocenters. The summed E-state index contributed by atoms with van der Waals surface area (Å²) < 4.78 is 0. The molecule has 0 aliphatic carbocycles. The second-order valence-electron chi connectivity index (χ2n) is 3.28. The molecule has 0 spiro atoms. The fourth-order valence-electron chi connectivity index (χ4n) is 1.42. The van der Waals surface area contributed by atoms with Crippen LogP contribution in [0.3, 0.4) is 0 Å². The Labute approximate surface area is 95.0 Å². The van der Waals surface area contributed by atoms with Crippen LogP contribution >= 0.6 is 23.4 Å². The van der Waals surface area contributed by atoms with Crippen LogP contribution in [-0.4, -0.2) is 12.3 Å². The third kappa shape index (κ3) is 2.91. The van der Waals surface area contributed by atoms with E-state index in [-0.39, 0.29) is 6.04 Å². The Hall–Kier alpha value is -0.180. The Kier molecular flexibility index (Phi) is 4.79. The van der Waals surface area contributed by atoms with E-state index < -0.39 is 0 Å². The van der Waals surface area contributed by atoms with Gasteiger partial charge in [0.1, 0.15) is 0 Å². The van der Waals surface area contributed by atoms with Crippen LogP contribution in [-0.2, 0) is 0 Å². The van der Waals surface area contributed by atoms with Crippen LogP contribution in [0.1, 0.15) is 24.2 Å². The summed E-state index contributed by atoms with van der Waals surface area (Å²) in [4.78, 5) is 0. The van der Waals surface area contributed by atoms with Crippen molar-refractivity contribution in [2.24, 2.45) is 5.73 Å². The third-order valence-corrected chi connectivity index (χ3v) is 3.69. The van der Waals surface area contributed by atoms with Crippen LogP contribution in [0.25, 0.3) is 0 Å². The zero-order valence-electron chi connectivity index (χ0n) is 8.53. The first-order valence-corrected chi connectivity index (χ1v) is 6.39. The molecule has 2 N–H and O–H groups in total. The third-order valence-electron chi connectivity index (χ3n) is 2.31. The Bertz CT molecular complexity index is 273. The molecule has 1 nitrogen and oxygen atoms in total. The number of hydrogen-bond acceptors (Lipinski definition) is 2. The molecule has 0 saturated heterocycles. The summed E-state index contributed by atoms with van der Waals surface area (Å²) >= 11 is 7.63. The summed E-state index contributed by atoms with van der Waals surface area (Å²) in [6, 6.07) is 8.16. The molecule has 0 bridgehead atoms. The second kappa shape index (κ2) is 5.64. The maximum Gasteiger partial charge on any atom is 0.0445 e. The molecule has 1 aromatic rings. The molecule has 0 fully saturated rings. The number of benzene rings is 1. The summed E-state index contributed by atoms with van der Waals surface area (Å²) in [5.74, 6) is 0. The average molecular weight is 230 g/mol. The standard InChI is InChI=1S/C11H16ClNS/c1-3-10(13)11(14-2)8-4-6-9(12)7-5-8/h4-7,10-11H,3,13H2,1-2H3. The van der Waals surface area contributed by atoms with Gasteiger partial charge in [-0.2, -0.15) is 11.8 Å². The molecule has 0 amide bonds. The molecule has 0 aliphatic heterocycles. The predicted molar refractivity (Wildman–Crippen MR) is 66.0 cm³/mol. The summed E-state index contributed by atoms with van der Waals surface area (Å²) in [5.41, 5.74) is 7.30. The van der Waals surface area contributed by atoms with E-state index in [0.29, 0.717) is 5.25 Å². The first-order valence-electron chi connectivity index (χ1n) is 4.72. The molecule has 1 aromatic carbocycles. The van der Waals surface area contributed by atoms with E-state index in [9.17, 15) is 0 Å². The molecule has 2 unspecified atom stereocenters. The first kappa shape index (κ1) is 11.9.